The standard InChI is InChI=1S/C66H125NO5/c1-3-5-7-9-11-13-15-16-17-18-19-20-21-22-23-26-29-32-35-39-42-46-50-54-58-64(69)63(62-68)67-65(70)59-55-51-47-43-40-36-33-30-27-24-25-28-31-34-37-41-45-49-53-57-61-72-66(71)60-56-52-48-44-38-14-12-10-8-6-4-2/h10,12,24,27,54,58,63-64,68-69H,3-9,11,13-23,25-26,28-53,55-57,59-62H2,1-2H3,(H,67,70)/b12-10-,27-24-,58-54+. The maximum absolute atomic E-state index is 12.5. The normalized spacial score (nSPS) is 12.8. The topological polar surface area (TPSA) is 95.9 Å². The minimum atomic E-state index is -0.852. The van der Waals surface area contributed by atoms with Gasteiger partial charge in [0.25, 0.3) is 0 Å². The number of hydrogen-bond donors (Lipinski definition) is 3. The molecule has 0 aromatic rings. The smallest absolute Gasteiger partial charge is 0.305 e. The molecule has 0 aromatic carbocycles. The van der Waals surface area contributed by atoms with Gasteiger partial charge in [-0.3, -0.25) is 9.59 Å². The third kappa shape index (κ3) is 57.4. The van der Waals surface area contributed by atoms with Crippen molar-refractivity contribution in [2.24, 2.45) is 0 Å². The van der Waals surface area contributed by atoms with Gasteiger partial charge in [0.05, 0.1) is 25.4 Å². The molecular weight excluding hydrogens is 887 g/mol. The first-order valence-corrected chi connectivity index (χ1v) is 32.3. The van der Waals surface area contributed by atoms with Gasteiger partial charge in [0.15, 0.2) is 0 Å². The van der Waals surface area contributed by atoms with Crippen LogP contribution in [0.3, 0.4) is 0 Å². The van der Waals surface area contributed by atoms with Crippen LogP contribution in [0.2, 0.25) is 0 Å². The molecule has 0 saturated heterocycles. The van der Waals surface area contributed by atoms with Crippen LogP contribution in [0.15, 0.2) is 36.5 Å². The first kappa shape index (κ1) is 70.1. The molecule has 0 saturated carbocycles. The highest BCUT2D eigenvalue weighted by Gasteiger charge is 2.18. The summed E-state index contributed by atoms with van der Waals surface area (Å²) >= 11 is 0. The van der Waals surface area contributed by atoms with Crippen molar-refractivity contribution in [1.29, 1.82) is 0 Å². The number of hydrogen-bond acceptors (Lipinski definition) is 5. The molecule has 3 N–H and O–H groups in total. The van der Waals surface area contributed by atoms with Crippen molar-refractivity contribution in [3.63, 3.8) is 0 Å². The second kappa shape index (κ2) is 61.6. The summed E-state index contributed by atoms with van der Waals surface area (Å²) in [4.78, 5) is 24.5. The van der Waals surface area contributed by atoms with E-state index in [0.29, 0.717) is 19.4 Å². The van der Waals surface area contributed by atoms with Crippen LogP contribution in [0.4, 0.5) is 0 Å². The molecule has 424 valence electrons. The molecule has 1 amide bonds. The van der Waals surface area contributed by atoms with E-state index in [0.717, 1.165) is 51.4 Å². The molecule has 6 heteroatoms. The van der Waals surface area contributed by atoms with E-state index in [1.54, 1.807) is 6.08 Å². The Balaban J connectivity index is 3.47. The summed E-state index contributed by atoms with van der Waals surface area (Å²) in [5, 5.41) is 23.2. The number of ether oxygens (including phenoxy) is 1. The highest BCUT2D eigenvalue weighted by molar-refractivity contribution is 5.76. The molecule has 0 spiro atoms. The van der Waals surface area contributed by atoms with Crippen LogP contribution in [0.25, 0.3) is 0 Å². The molecule has 0 bridgehead atoms. The Morgan fingerprint density at radius 2 is 0.667 bits per heavy atom. The number of unbranched alkanes of at least 4 members (excludes halogenated alkanes) is 45. The summed E-state index contributed by atoms with van der Waals surface area (Å²) < 4.78 is 5.45. The van der Waals surface area contributed by atoms with E-state index in [1.165, 1.54) is 270 Å². The summed E-state index contributed by atoms with van der Waals surface area (Å²) in [6, 6.07) is -0.636. The minimum Gasteiger partial charge on any atom is -0.466 e. The van der Waals surface area contributed by atoms with Gasteiger partial charge in [-0.1, -0.05) is 294 Å². The Labute approximate surface area is 449 Å². The van der Waals surface area contributed by atoms with Gasteiger partial charge >= 0.3 is 5.97 Å². The van der Waals surface area contributed by atoms with Gasteiger partial charge in [-0.2, -0.15) is 0 Å². The van der Waals surface area contributed by atoms with E-state index in [-0.39, 0.29) is 18.5 Å². The van der Waals surface area contributed by atoms with Gasteiger partial charge in [-0.15, -0.1) is 0 Å². The summed E-state index contributed by atoms with van der Waals surface area (Å²) in [7, 11) is 0. The first-order valence-electron chi connectivity index (χ1n) is 32.3. The van der Waals surface area contributed by atoms with Gasteiger partial charge in [0.2, 0.25) is 5.91 Å². The van der Waals surface area contributed by atoms with Crippen LogP contribution < -0.4 is 5.32 Å². The van der Waals surface area contributed by atoms with Crippen molar-refractivity contribution in [2.45, 2.75) is 360 Å². The van der Waals surface area contributed by atoms with Gasteiger partial charge in [-0.25, -0.2) is 0 Å². The van der Waals surface area contributed by atoms with E-state index < -0.39 is 12.1 Å². The first-order chi connectivity index (χ1) is 35.5. The van der Waals surface area contributed by atoms with Crippen molar-refractivity contribution >= 4 is 11.9 Å². The predicted octanol–water partition coefficient (Wildman–Crippen LogP) is 20.4. The number of amides is 1. The molecule has 0 aliphatic rings. The van der Waals surface area contributed by atoms with E-state index in [9.17, 15) is 19.8 Å². The van der Waals surface area contributed by atoms with Gasteiger partial charge in [-0.05, 0) is 77.0 Å². The van der Waals surface area contributed by atoms with Crippen molar-refractivity contribution in [1.82, 2.24) is 5.32 Å². The summed E-state index contributed by atoms with van der Waals surface area (Å²) in [5.74, 6) is -0.0791. The lowest BCUT2D eigenvalue weighted by molar-refractivity contribution is -0.143. The number of aliphatic hydroxyl groups is 2. The number of rotatable bonds is 60. The van der Waals surface area contributed by atoms with E-state index >= 15 is 0 Å². The van der Waals surface area contributed by atoms with Gasteiger partial charge in [0, 0.05) is 12.8 Å². The van der Waals surface area contributed by atoms with Crippen LogP contribution in [0.5, 0.6) is 0 Å². The van der Waals surface area contributed by atoms with E-state index in [4.69, 9.17) is 4.74 Å². The van der Waals surface area contributed by atoms with Crippen LogP contribution >= 0.6 is 0 Å². The van der Waals surface area contributed by atoms with Gasteiger partial charge < -0.3 is 20.3 Å². The largest absolute Gasteiger partial charge is 0.466 e. The van der Waals surface area contributed by atoms with Crippen molar-refractivity contribution in [3.8, 4) is 0 Å². The lowest BCUT2D eigenvalue weighted by Crippen LogP contribution is -2.45. The molecule has 0 radical (unpaired) electrons. The van der Waals surface area contributed by atoms with Crippen molar-refractivity contribution in [2.75, 3.05) is 13.2 Å². The number of esters is 1. The molecule has 2 unspecified atom stereocenters. The monoisotopic (exact) mass is 1010 g/mol. The third-order valence-corrected chi connectivity index (χ3v) is 14.9. The molecule has 0 aliphatic carbocycles. The Morgan fingerprint density at radius 3 is 1.03 bits per heavy atom. The maximum atomic E-state index is 12.5. The molecule has 0 aliphatic heterocycles. The average molecular weight is 1010 g/mol. The Kier molecular flexibility index (Phi) is 60.0. The molecule has 0 aromatic heterocycles. The zero-order valence-electron chi connectivity index (χ0n) is 48.4. The molecule has 0 fully saturated rings. The van der Waals surface area contributed by atoms with Gasteiger partial charge in [0.1, 0.15) is 0 Å². The quantitative estimate of drug-likeness (QED) is 0.0320. The maximum Gasteiger partial charge on any atom is 0.305 e. The Bertz CT molecular complexity index is 1170. The second-order valence-electron chi connectivity index (χ2n) is 22.1. The molecule has 6 nitrogen and oxygen atoms in total. The number of aliphatic hydroxyl groups excluding tert-OH is 2. The molecule has 72 heavy (non-hydrogen) atoms. The fourth-order valence-electron chi connectivity index (χ4n) is 9.91. The average Bonchev–Trinajstić information content (AvgIpc) is 3.38. The summed E-state index contributed by atoms with van der Waals surface area (Å²) in [6.07, 6.45) is 77.7. The number of carbonyl (C=O) groups is 2. The second-order valence-corrected chi connectivity index (χ2v) is 22.1. The minimum absolute atomic E-state index is 0.00534. The summed E-state index contributed by atoms with van der Waals surface area (Å²) in [5.41, 5.74) is 0. The van der Waals surface area contributed by atoms with Crippen LogP contribution in [-0.4, -0.2) is 47.4 Å². The molecular formula is C66H125NO5. The Hall–Kier alpha value is -1.92. The molecule has 0 heterocycles. The van der Waals surface area contributed by atoms with Crippen LogP contribution in [-0.2, 0) is 14.3 Å². The fourth-order valence-corrected chi connectivity index (χ4v) is 9.91. The highest BCUT2D eigenvalue weighted by atomic mass is 16.5. The van der Waals surface area contributed by atoms with Crippen molar-refractivity contribution in [3.05, 3.63) is 36.5 Å². The number of nitrogens with one attached hydrogen (secondary N) is 1. The SMILES string of the molecule is CCCC/C=C\CCCCCCCC(=O)OCCCCCCCCCCC/C=C\CCCCCCCCCC(=O)NC(CO)C(O)/C=C/CCCCCCCCCCCCCCCCCCCCCCCC. The number of carbonyl (C=O) groups excluding carboxylic acids is 2. The fraction of sp³-hybridized carbons (Fsp3) is 0.879. The Morgan fingerprint density at radius 1 is 0.375 bits per heavy atom. The number of allylic oxidation sites excluding steroid dienone is 5. The zero-order valence-corrected chi connectivity index (χ0v) is 48.4. The molecule has 0 rings (SSSR count). The zero-order chi connectivity index (χ0) is 52.2. The van der Waals surface area contributed by atoms with E-state index in [2.05, 4.69) is 43.5 Å². The highest BCUT2D eigenvalue weighted by Crippen LogP contribution is 2.17. The van der Waals surface area contributed by atoms with E-state index in [1.807, 2.05) is 6.08 Å². The predicted molar refractivity (Wildman–Crippen MR) is 315 cm³/mol. The van der Waals surface area contributed by atoms with Crippen LogP contribution in [0.1, 0.15) is 348 Å². The lowest BCUT2D eigenvalue weighted by Gasteiger charge is -2.20. The third-order valence-electron chi connectivity index (χ3n) is 14.9. The lowest BCUT2D eigenvalue weighted by atomic mass is 10.0. The molecule has 2 atom stereocenters. The summed E-state index contributed by atoms with van der Waals surface area (Å²) in [6.45, 7) is 4.88. The van der Waals surface area contributed by atoms with Crippen LogP contribution in [0, 0.1) is 0 Å². The van der Waals surface area contributed by atoms with Crippen molar-refractivity contribution < 1.29 is 24.5 Å².